The van der Waals surface area contributed by atoms with Crippen LogP contribution in [0.1, 0.15) is 5.56 Å². The van der Waals surface area contributed by atoms with Gasteiger partial charge in [0.1, 0.15) is 5.82 Å². The first-order chi connectivity index (χ1) is 9.63. The van der Waals surface area contributed by atoms with Crippen LogP contribution in [-0.4, -0.2) is 9.97 Å². The summed E-state index contributed by atoms with van der Waals surface area (Å²) in [4.78, 5) is 8.70. The van der Waals surface area contributed by atoms with Gasteiger partial charge in [-0.05, 0) is 36.8 Å². The maximum Gasteiger partial charge on any atom is 0.174 e. The maximum absolute atomic E-state index is 13.3. The molecular formula is C15H13FN4. The number of para-hydroxylation sites is 2. The number of aromatic nitrogens is 2. The molecule has 3 rings (SSSR count). The van der Waals surface area contributed by atoms with Crippen LogP contribution in [0.3, 0.4) is 0 Å². The number of fused-ring (bicyclic) bond motifs is 1. The van der Waals surface area contributed by atoms with E-state index in [-0.39, 0.29) is 11.6 Å². The van der Waals surface area contributed by atoms with Gasteiger partial charge in [-0.2, -0.15) is 0 Å². The van der Waals surface area contributed by atoms with Gasteiger partial charge in [-0.15, -0.1) is 0 Å². The highest BCUT2D eigenvalue weighted by molar-refractivity contribution is 5.81. The third-order valence-corrected chi connectivity index (χ3v) is 3.05. The van der Waals surface area contributed by atoms with E-state index >= 15 is 0 Å². The lowest BCUT2D eigenvalue weighted by Gasteiger charge is -2.11. The van der Waals surface area contributed by atoms with Gasteiger partial charge in [0.15, 0.2) is 11.6 Å². The highest BCUT2D eigenvalue weighted by Crippen LogP contribution is 2.25. The lowest BCUT2D eigenvalue weighted by atomic mass is 10.2. The smallest absolute Gasteiger partial charge is 0.174 e. The van der Waals surface area contributed by atoms with Crippen molar-refractivity contribution in [1.29, 1.82) is 0 Å². The van der Waals surface area contributed by atoms with Gasteiger partial charge in [0.25, 0.3) is 0 Å². The van der Waals surface area contributed by atoms with E-state index in [1.54, 1.807) is 6.07 Å². The number of nitrogens with one attached hydrogen (secondary N) is 1. The lowest BCUT2D eigenvalue weighted by molar-refractivity contribution is 0.628. The summed E-state index contributed by atoms with van der Waals surface area (Å²) in [6.07, 6.45) is 0. The van der Waals surface area contributed by atoms with Crippen molar-refractivity contribution in [3.63, 3.8) is 0 Å². The summed E-state index contributed by atoms with van der Waals surface area (Å²) in [5.41, 5.74) is 8.89. The Morgan fingerprint density at radius 1 is 1.05 bits per heavy atom. The standard InChI is InChI=1S/C15H13FN4/c1-9-6-7-10(16)8-13(9)20-15-14(17)18-11-4-2-3-5-12(11)19-15/h2-8H,1H3,(H2,17,18)(H,19,20). The van der Waals surface area contributed by atoms with Crippen LogP contribution in [0.2, 0.25) is 0 Å². The van der Waals surface area contributed by atoms with E-state index in [0.717, 1.165) is 16.6 Å². The summed E-state index contributed by atoms with van der Waals surface area (Å²) < 4.78 is 13.3. The number of nitrogen functional groups attached to an aromatic ring is 1. The molecule has 0 saturated carbocycles. The highest BCUT2D eigenvalue weighted by atomic mass is 19.1. The maximum atomic E-state index is 13.3. The second-order valence-corrected chi connectivity index (χ2v) is 4.53. The Kier molecular flexibility index (Phi) is 2.95. The van der Waals surface area contributed by atoms with Gasteiger partial charge >= 0.3 is 0 Å². The minimum Gasteiger partial charge on any atom is -0.381 e. The summed E-state index contributed by atoms with van der Waals surface area (Å²) in [6, 6.07) is 12.0. The van der Waals surface area contributed by atoms with Crippen LogP contribution in [-0.2, 0) is 0 Å². The molecule has 0 radical (unpaired) electrons. The Morgan fingerprint density at radius 2 is 1.75 bits per heavy atom. The van der Waals surface area contributed by atoms with Crippen molar-refractivity contribution in [2.24, 2.45) is 0 Å². The van der Waals surface area contributed by atoms with Gasteiger partial charge in [0.05, 0.1) is 11.0 Å². The molecule has 0 unspecified atom stereocenters. The minimum absolute atomic E-state index is 0.285. The molecule has 3 aromatic rings. The number of anilines is 3. The van der Waals surface area contributed by atoms with Crippen molar-refractivity contribution in [2.45, 2.75) is 6.92 Å². The summed E-state index contributed by atoms with van der Waals surface area (Å²) in [5, 5.41) is 3.03. The van der Waals surface area contributed by atoms with Gasteiger partial charge in [-0.3, -0.25) is 0 Å². The van der Waals surface area contributed by atoms with Crippen molar-refractivity contribution in [1.82, 2.24) is 9.97 Å². The van der Waals surface area contributed by atoms with E-state index in [9.17, 15) is 4.39 Å². The summed E-state index contributed by atoms with van der Waals surface area (Å²) in [6.45, 7) is 1.88. The zero-order chi connectivity index (χ0) is 14.1. The van der Waals surface area contributed by atoms with Crippen molar-refractivity contribution in [3.05, 3.63) is 53.8 Å². The van der Waals surface area contributed by atoms with E-state index in [4.69, 9.17) is 5.73 Å². The number of nitrogens with zero attached hydrogens (tertiary/aromatic N) is 2. The predicted molar refractivity (Wildman–Crippen MR) is 78.4 cm³/mol. The first-order valence-electron chi connectivity index (χ1n) is 6.19. The second-order valence-electron chi connectivity index (χ2n) is 4.53. The molecule has 100 valence electrons. The fourth-order valence-corrected chi connectivity index (χ4v) is 1.96. The van der Waals surface area contributed by atoms with Crippen LogP contribution < -0.4 is 11.1 Å². The number of rotatable bonds is 2. The van der Waals surface area contributed by atoms with Crippen LogP contribution in [0.5, 0.6) is 0 Å². The monoisotopic (exact) mass is 268 g/mol. The van der Waals surface area contributed by atoms with Gasteiger partial charge in [-0.1, -0.05) is 18.2 Å². The molecule has 0 amide bonds. The average molecular weight is 268 g/mol. The third-order valence-electron chi connectivity index (χ3n) is 3.05. The zero-order valence-corrected chi connectivity index (χ0v) is 10.9. The van der Waals surface area contributed by atoms with Crippen LogP contribution >= 0.6 is 0 Å². The summed E-state index contributed by atoms with van der Waals surface area (Å²) >= 11 is 0. The molecule has 0 atom stereocenters. The molecule has 0 fully saturated rings. The molecule has 0 aliphatic heterocycles. The molecule has 0 spiro atoms. The molecule has 20 heavy (non-hydrogen) atoms. The lowest BCUT2D eigenvalue weighted by Crippen LogP contribution is -2.03. The average Bonchev–Trinajstić information content (AvgIpc) is 2.43. The topological polar surface area (TPSA) is 63.8 Å². The van der Waals surface area contributed by atoms with Gasteiger partial charge in [0.2, 0.25) is 0 Å². The fourth-order valence-electron chi connectivity index (χ4n) is 1.96. The van der Waals surface area contributed by atoms with E-state index in [1.807, 2.05) is 31.2 Å². The van der Waals surface area contributed by atoms with Crippen LogP contribution in [0, 0.1) is 12.7 Å². The molecular weight excluding hydrogens is 255 g/mol. The molecule has 0 saturated heterocycles. The van der Waals surface area contributed by atoms with Crippen molar-refractivity contribution < 1.29 is 4.39 Å². The van der Waals surface area contributed by atoms with Crippen molar-refractivity contribution in [2.75, 3.05) is 11.1 Å². The first-order valence-corrected chi connectivity index (χ1v) is 6.19. The Bertz CT molecular complexity index is 786. The molecule has 1 heterocycles. The Morgan fingerprint density at radius 3 is 2.50 bits per heavy atom. The Balaban J connectivity index is 2.06. The van der Waals surface area contributed by atoms with Gasteiger partial charge in [-0.25, -0.2) is 14.4 Å². The quantitative estimate of drug-likeness (QED) is 0.747. The molecule has 0 aliphatic rings. The number of aryl methyl sites for hydroxylation is 1. The number of halogens is 1. The highest BCUT2D eigenvalue weighted by Gasteiger charge is 2.08. The van der Waals surface area contributed by atoms with E-state index in [1.165, 1.54) is 12.1 Å². The number of hydrogen-bond donors (Lipinski definition) is 2. The fraction of sp³-hybridized carbons (Fsp3) is 0.0667. The van der Waals surface area contributed by atoms with Crippen molar-refractivity contribution >= 4 is 28.4 Å². The normalized spacial score (nSPS) is 10.7. The molecule has 4 nitrogen and oxygen atoms in total. The zero-order valence-electron chi connectivity index (χ0n) is 10.9. The van der Waals surface area contributed by atoms with E-state index in [0.29, 0.717) is 11.5 Å². The third kappa shape index (κ3) is 2.25. The van der Waals surface area contributed by atoms with E-state index < -0.39 is 0 Å². The number of hydrogen-bond acceptors (Lipinski definition) is 4. The van der Waals surface area contributed by atoms with Gasteiger partial charge < -0.3 is 11.1 Å². The first kappa shape index (κ1) is 12.3. The molecule has 0 bridgehead atoms. The summed E-state index contributed by atoms with van der Waals surface area (Å²) in [5.74, 6) is 0.398. The van der Waals surface area contributed by atoms with Gasteiger partial charge in [0, 0.05) is 5.69 Å². The summed E-state index contributed by atoms with van der Waals surface area (Å²) in [7, 11) is 0. The van der Waals surface area contributed by atoms with Crippen LogP contribution in [0.25, 0.3) is 11.0 Å². The largest absolute Gasteiger partial charge is 0.381 e. The molecule has 0 aliphatic carbocycles. The minimum atomic E-state index is -0.314. The Hall–Kier alpha value is -2.69. The Labute approximate surface area is 115 Å². The predicted octanol–water partition coefficient (Wildman–Crippen LogP) is 3.40. The molecule has 5 heteroatoms. The SMILES string of the molecule is Cc1ccc(F)cc1Nc1nc2ccccc2nc1N. The van der Waals surface area contributed by atoms with Crippen LogP contribution in [0.4, 0.5) is 21.7 Å². The number of benzene rings is 2. The number of nitrogens with two attached hydrogens (primary N) is 1. The molecule has 2 aromatic carbocycles. The van der Waals surface area contributed by atoms with Crippen molar-refractivity contribution in [3.8, 4) is 0 Å². The molecule has 3 N–H and O–H groups in total. The molecule has 1 aromatic heterocycles. The van der Waals surface area contributed by atoms with E-state index in [2.05, 4.69) is 15.3 Å². The second kappa shape index (κ2) is 4.77. The van der Waals surface area contributed by atoms with Crippen LogP contribution in [0.15, 0.2) is 42.5 Å².